The first-order valence-corrected chi connectivity index (χ1v) is 16.0. The number of aromatic nitrogens is 1. The van der Waals surface area contributed by atoms with Gasteiger partial charge in [-0.25, -0.2) is 0 Å². The van der Waals surface area contributed by atoms with Crippen molar-refractivity contribution in [2.45, 2.75) is 6.23 Å². The van der Waals surface area contributed by atoms with Crippen LogP contribution in [-0.2, 0) is 0 Å². The molecular formula is C43H28N2O2. The second-order valence-corrected chi connectivity index (χ2v) is 12.2. The lowest BCUT2D eigenvalue weighted by molar-refractivity contribution is 0.263. The molecule has 10 rings (SSSR count). The number of hydrogen-bond donors (Lipinski definition) is 1. The number of fused-ring (bicyclic) bond motifs is 8. The second-order valence-electron chi connectivity index (χ2n) is 12.2. The zero-order valence-electron chi connectivity index (χ0n) is 25.4. The van der Waals surface area contributed by atoms with Crippen LogP contribution in [0.25, 0.3) is 71.7 Å². The Labute approximate surface area is 271 Å². The van der Waals surface area contributed by atoms with Gasteiger partial charge in [0.1, 0.15) is 11.2 Å². The molecule has 3 heterocycles. The highest BCUT2D eigenvalue weighted by atomic mass is 16.5. The smallest absolute Gasteiger partial charge is 0.196 e. The van der Waals surface area contributed by atoms with Crippen molar-refractivity contribution < 1.29 is 9.15 Å². The largest absolute Gasteiger partial charge is 0.464 e. The molecule has 0 aliphatic carbocycles. The second kappa shape index (κ2) is 10.1. The van der Waals surface area contributed by atoms with Gasteiger partial charge in [0.15, 0.2) is 12.0 Å². The van der Waals surface area contributed by atoms with Gasteiger partial charge in [0, 0.05) is 27.4 Å². The van der Waals surface area contributed by atoms with Crippen LogP contribution in [0.1, 0.15) is 11.8 Å². The number of para-hydroxylation sites is 1. The van der Waals surface area contributed by atoms with Gasteiger partial charge in [0.05, 0.1) is 22.1 Å². The third-order valence-electron chi connectivity index (χ3n) is 9.45. The van der Waals surface area contributed by atoms with Gasteiger partial charge in [-0.1, -0.05) is 103 Å². The molecule has 1 aliphatic heterocycles. The van der Waals surface area contributed by atoms with Crippen molar-refractivity contribution in [2.24, 2.45) is 0 Å². The Morgan fingerprint density at radius 3 is 1.77 bits per heavy atom. The Morgan fingerprint density at radius 1 is 0.489 bits per heavy atom. The van der Waals surface area contributed by atoms with Crippen LogP contribution >= 0.6 is 0 Å². The lowest BCUT2D eigenvalue weighted by atomic mass is 10.0. The van der Waals surface area contributed by atoms with Crippen LogP contribution in [0.3, 0.4) is 0 Å². The molecule has 222 valence electrons. The Bertz CT molecular complexity index is 2520. The molecule has 4 heteroatoms. The summed E-state index contributed by atoms with van der Waals surface area (Å²) in [5.41, 5.74) is 12.0. The van der Waals surface area contributed by atoms with Crippen LogP contribution in [0, 0.1) is 0 Å². The van der Waals surface area contributed by atoms with Gasteiger partial charge in [-0.15, -0.1) is 0 Å². The number of benzene rings is 7. The summed E-state index contributed by atoms with van der Waals surface area (Å²) in [4.78, 5) is 0. The summed E-state index contributed by atoms with van der Waals surface area (Å²) in [5.74, 6) is 0.840. The number of ether oxygens (including phenoxy) is 1. The first-order valence-electron chi connectivity index (χ1n) is 16.0. The molecule has 0 saturated carbocycles. The molecule has 0 spiro atoms. The fraction of sp³-hybridized carbons (Fsp3) is 0.0233. The van der Waals surface area contributed by atoms with Crippen molar-refractivity contribution in [3.8, 4) is 33.7 Å². The third kappa shape index (κ3) is 4.08. The molecule has 0 bridgehead atoms. The Balaban J connectivity index is 1.07. The summed E-state index contributed by atoms with van der Waals surface area (Å²) in [7, 11) is 0. The van der Waals surface area contributed by atoms with Crippen molar-refractivity contribution in [1.29, 1.82) is 0 Å². The first kappa shape index (κ1) is 26.0. The van der Waals surface area contributed by atoms with Crippen LogP contribution in [0.2, 0.25) is 0 Å². The zero-order valence-corrected chi connectivity index (χ0v) is 25.4. The molecule has 1 aliphatic rings. The van der Waals surface area contributed by atoms with Crippen LogP contribution in [-0.4, -0.2) is 4.57 Å². The van der Waals surface area contributed by atoms with Crippen molar-refractivity contribution in [1.82, 2.24) is 4.57 Å². The normalized spacial score (nSPS) is 14.1. The zero-order chi connectivity index (χ0) is 30.9. The minimum Gasteiger partial charge on any atom is -0.464 e. The van der Waals surface area contributed by atoms with Gasteiger partial charge in [-0.3, -0.25) is 0 Å². The van der Waals surface area contributed by atoms with E-state index in [-0.39, 0.29) is 6.23 Å². The molecular weight excluding hydrogens is 576 g/mol. The molecule has 47 heavy (non-hydrogen) atoms. The molecule has 1 atom stereocenters. The summed E-state index contributed by atoms with van der Waals surface area (Å²) in [6.45, 7) is 0. The number of anilines is 1. The van der Waals surface area contributed by atoms with Gasteiger partial charge < -0.3 is 19.0 Å². The molecule has 4 nitrogen and oxygen atoms in total. The van der Waals surface area contributed by atoms with E-state index in [2.05, 4.69) is 137 Å². The average Bonchev–Trinajstić information content (AvgIpc) is 3.83. The van der Waals surface area contributed by atoms with E-state index in [9.17, 15) is 0 Å². The topological polar surface area (TPSA) is 39.3 Å². The van der Waals surface area contributed by atoms with Gasteiger partial charge in [0.25, 0.3) is 0 Å². The van der Waals surface area contributed by atoms with E-state index >= 15 is 0 Å². The number of hydrogen-bond acceptors (Lipinski definition) is 3. The monoisotopic (exact) mass is 604 g/mol. The molecule has 7 aromatic carbocycles. The van der Waals surface area contributed by atoms with E-state index in [1.807, 2.05) is 30.3 Å². The van der Waals surface area contributed by atoms with Crippen molar-refractivity contribution in [2.75, 3.05) is 5.32 Å². The minimum absolute atomic E-state index is 0.293. The fourth-order valence-corrected chi connectivity index (χ4v) is 7.18. The molecule has 2 aromatic heterocycles. The lowest BCUT2D eigenvalue weighted by Crippen LogP contribution is -2.10. The summed E-state index contributed by atoms with van der Waals surface area (Å²) in [6.07, 6.45) is -0.293. The van der Waals surface area contributed by atoms with Crippen molar-refractivity contribution in [3.05, 3.63) is 163 Å². The SMILES string of the molecule is c1ccc(-c2ccc3c(c2)c2cc(-c4ccccc4)ccc2n3-c2ccc(C3Nc4ccc5oc6ccccc6c5c4O3)cc2)cc1. The Hall–Kier alpha value is -6.26. The van der Waals surface area contributed by atoms with Crippen LogP contribution in [0.5, 0.6) is 5.75 Å². The maximum absolute atomic E-state index is 6.58. The summed E-state index contributed by atoms with van der Waals surface area (Å²) < 4.78 is 15.0. The van der Waals surface area contributed by atoms with Crippen molar-refractivity contribution >= 4 is 49.4 Å². The quantitative estimate of drug-likeness (QED) is 0.217. The molecule has 1 unspecified atom stereocenters. The molecule has 0 fully saturated rings. The minimum atomic E-state index is -0.293. The highest BCUT2D eigenvalue weighted by Gasteiger charge is 2.27. The van der Waals surface area contributed by atoms with Crippen LogP contribution < -0.4 is 10.1 Å². The standard InChI is InChI=1S/C43H28N2O2/c1-3-9-27(10-4-1)30-17-22-37-34(25-30)35-26-31(28-11-5-2-6-12-28)18-23-38(35)45(37)32-19-15-29(16-20-32)43-44-36-21-24-40-41(42(36)47-43)33-13-7-8-14-39(33)46-40/h1-26,43-44H. The summed E-state index contributed by atoms with van der Waals surface area (Å²) in [6, 6.07) is 55.7. The van der Waals surface area contributed by atoms with E-state index in [1.165, 1.54) is 44.1 Å². The maximum atomic E-state index is 6.58. The van der Waals surface area contributed by atoms with E-state index in [4.69, 9.17) is 9.15 Å². The van der Waals surface area contributed by atoms with Gasteiger partial charge in [-0.2, -0.15) is 0 Å². The highest BCUT2D eigenvalue weighted by molar-refractivity contribution is 6.12. The van der Waals surface area contributed by atoms with Gasteiger partial charge in [0.2, 0.25) is 0 Å². The predicted molar refractivity (Wildman–Crippen MR) is 192 cm³/mol. The molecule has 0 radical (unpaired) electrons. The number of furan rings is 1. The third-order valence-corrected chi connectivity index (χ3v) is 9.45. The molecule has 0 saturated heterocycles. The summed E-state index contributed by atoms with van der Waals surface area (Å²) >= 11 is 0. The van der Waals surface area contributed by atoms with Crippen LogP contribution in [0.4, 0.5) is 5.69 Å². The number of rotatable bonds is 4. The van der Waals surface area contributed by atoms with Crippen LogP contribution in [0.15, 0.2) is 162 Å². The van der Waals surface area contributed by atoms with Gasteiger partial charge >= 0.3 is 0 Å². The molecule has 0 amide bonds. The number of nitrogens with one attached hydrogen (secondary N) is 1. The molecule has 1 N–H and O–H groups in total. The average molecular weight is 605 g/mol. The van der Waals surface area contributed by atoms with Crippen molar-refractivity contribution in [3.63, 3.8) is 0 Å². The Morgan fingerprint density at radius 2 is 1.11 bits per heavy atom. The number of nitrogens with zero attached hydrogens (tertiary/aromatic N) is 1. The van der Waals surface area contributed by atoms with E-state index in [1.54, 1.807) is 0 Å². The van der Waals surface area contributed by atoms with E-state index < -0.39 is 0 Å². The summed E-state index contributed by atoms with van der Waals surface area (Å²) in [5, 5.41) is 8.13. The Kier molecular flexibility index (Phi) is 5.60. The molecule has 9 aromatic rings. The lowest BCUT2D eigenvalue weighted by Gasteiger charge is -2.14. The predicted octanol–water partition coefficient (Wildman–Crippen LogP) is 11.5. The maximum Gasteiger partial charge on any atom is 0.196 e. The fourth-order valence-electron chi connectivity index (χ4n) is 7.18. The van der Waals surface area contributed by atoms with E-state index in [0.29, 0.717) is 0 Å². The highest BCUT2D eigenvalue weighted by Crippen LogP contribution is 2.47. The van der Waals surface area contributed by atoms with Gasteiger partial charge in [-0.05, 0) is 76.9 Å². The van der Waals surface area contributed by atoms with E-state index in [0.717, 1.165) is 44.6 Å². The first-order chi connectivity index (χ1) is 23.3.